The smallest absolute Gasteiger partial charge is 0.310 e. The van der Waals surface area contributed by atoms with Gasteiger partial charge in [-0.3, -0.25) is 10.1 Å². The Hall–Kier alpha value is -1.66. The Morgan fingerprint density at radius 3 is 2.08 bits per heavy atom. The van der Waals surface area contributed by atoms with Crippen molar-refractivity contribution in [2.24, 2.45) is 0 Å². The summed E-state index contributed by atoms with van der Waals surface area (Å²) in [5.41, 5.74) is -0.262. The number of aromatic hydroxyl groups is 1. The summed E-state index contributed by atoms with van der Waals surface area (Å²) < 4.78 is 0. The van der Waals surface area contributed by atoms with E-state index in [1.807, 2.05) is 0 Å². The highest BCUT2D eigenvalue weighted by Gasteiger charge is 2.09. The summed E-state index contributed by atoms with van der Waals surface area (Å²) in [5, 5.41) is 18.9. The number of para-hydroxylation sites is 2. The number of phenols is 1. The molecule has 7 N–H and O–H groups in total. The summed E-state index contributed by atoms with van der Waals surface area (Å²) >= 11 is 0. The third kappa shape index (κ3) is 2.52. The summed E-state index contributed by atoms with van der Waals surface area (Å²) in [7, 11) is 0. The number of phenolic OH excluding ortho intramolecular Hbond substituents is 1. The van der Waals surface area contributed by atoms with Crippen LogP contribution in [0.1, 0.15) is 0 Å². The zero-order valence-corrected chi connectivity index (χ0v) is 6.43. The molecule has 0 aliphatic heterocycles. The third-order valence-corrected chi connectivity index (χ3v) is 1.08. The predicted molar refractivity (Wildman–Crippen MR) is 44.8 cm³/mol. The van der Waals surface area contributed by atoms with Crippen molar-refractivity contribution in [1.29, 1.82) is 0 Å². The summed E-state index contributed by atoms with van der Waals surface area (Å²) in [4.78, 5) is 9.44. The average molecular weight is 173 g/mol. The van der Waals surface area contributed by atoms with Crippen LogP contribution in [0, 0.1) is 10.1 Å². The first-order valence-corrected chi connectivity index (χ1v) is 2.64. The maximum absolute atomic E-state index is 10.1. The third-order valence-electron chi connectivity index (χ3n) is 1.08. The molecule has 0 bridgehead atoms. The fourth-order valence-electron chi connectivity index (χ4n) is 0.619. The Balaban J connectivity index is 0. The quantitative estimate of drug-likeness (QED) is 0.438. The highest BCUT2D eigenvalue weighted by Crippen LogP contribution is 2.23. The number of hydrogen-bond acceptors (Lipinski definition) is 5. The van der Waals surface area contributed by atoms with Crippen molar-refractivity contribution >= 4 is 5.69 Å². The van der Waals surface area contributed by atoms with Gasteiger partial charge in [0.05, 0.1) is 4.92 Å². The van der Waals surface area contributed by atoms with Crippen LogP contribution in [-0.4, -0.2) is 10.0 Å². The summed E-state index contributed by atoms with van der Waals surface area (Å²) in [5.74, 6) is -0.299. The van der Waals surface area contributed by atoms with Gasteiger partial charge in [-0.2, -0.15) is 0 Å². The van der Waals surface area contributed by atoms with Gasteiger partial charge in [0.1, 0.15) is 0 Å². The lowest BCUT2D eigenvalue weighted by atomic mass is 10.3. The predicted octanol–water partition coefficient (Wildman–Crippen LogP) is 1.62. The molecule has 0 aliphatic carbocycles. The van der Waals surface area contributed by atoms with Gasteiger partial charge >= 0.3 is 5.69 Å². The molecule has 0 aliphatic rings. The molecule has 0 amide bonds. The van der Waals surface area contributed by atoms with Gasteiger partial charge in [0.25, 0.3) is 0 Å². The molecule has 6 heteroatoms. The van der Waals surface area contributed by atoms with Gasteiger partial charge in [-0.05, 0) is 6.07 Å². The van der Waals surface area contributed by atoms with Crippen molar-refractivity contribution in [2.75, 3.05) is 0 Å². The molecule has 0 spiro atoms. The second-order valence-corrected chi connectivity index (χ2v) is 1.75. The van der Waals surface area contributed by atoms with E-state index in [4.69, 9.17) is 5.11 Å². The van der Waals surface area contributed by atoms with E-state index in [9.17, 15) is 10.1 Å². The molecule has 1 aromatic carbocycles. The van der Waals surface area contributed by atoms with Gasteiger partial charge in [0.15, 0.2) is 5.75 Å². The molecular weight excluding hydrogens is 162 g/mol. The van der Waals surface area contributed by atoms with E-state index < -0.39 is 4.92 Å². The standard InChI is InChI=1S/C6H5NO3.2H3N/c8-6-4-2-1-3-5(6)7(9)10;;/h1-4,8H;2*1H3. The van der Waals surface area contributed by atoms with Crippen LogP contribution in [0.15, 0.2) is 24.3 Å². The monoisotopic (exact) mass is 173 g/mol. The van der Waals surface area contributed by atoms with Gasteiger partial charge in [0, 0.05) is 6.07 Å². The van der Waals surface area contributed by atoms with Crippen molar-refractivity contribution in [3.63, 3.8) is 0 Å². The molecule has 12 heavy (non-hydrogen) atoms. The van der Waals surface area contributed by atoms with E-state index in [-0.39, 0.29) is 23.7 Å². The van der Waals surface area contributed by atoms with E-state index in [1.165, 1.54) is 24.3 Å². The Bertz CT molecular complexity index is 264. The minimum Gasteiger partial charge on any atom is -0.502 e. The fourth-order valence-corrected chi connectivity index (χ4v) is 0.619. The maximum Gasteiger partial charge on any atom is 0.310 e. The number of benzene rings is 1. The number of nitro groups is 1. The fraction of sp³-hybridized carbons (Fsp3) is 0. The molecular formula is C6H11N3O3. The lowest BCUT2D eigenvalue weighted by molar-refractivity contribution is -0.385. The van der Waals surface area contributed by atoms with Crippen LogP contribution < -0.4 is 12.3 Å². The molecule has 0 radical (unpaired) electrons. The van der Waals surface area contributed by atoms with Crippen LogP contribution in [0.5, 0.6) is 5.75 Å². The highest BCUT2D eigenvalue weighted by molar-refractivity contribution is 5.44. The molecule has 0 unspecified atom stereocenters. The Labute approximate surface area is 69.2 Å². The minimum absolute atomic E-state index is 0. The zero-order valence-electron chi connectivity index (χ0n) is 6.43. The van der Waals surface area contributed by atoms with Gasteiger partial charge in [-0.25, -0.2) is 0 Å². The van der Waals surface area contributed by atoms with Crippen LogP contribution in [0.25, 0.3) is 0 Å². The summed E-state index contributed by atoms with van der Waals surface area (Å²) in [6.45, 7) is 0. The van der Waals surface area contributed by atoms with Crippen molar-refractivity contribution in [2.45, 2.75) is 0 Å². The molecule has 68 valence electrons. The highest BCUT2D eigenvalue weighted by atomic mass is 16.6. The Morgan fingerprint density at radius 1 is 1.25 bits per heavy atom. The first-order chi connectivity index (χ1) is 4.72. The van der Waals surface area contributed by atoms with Crippen molar-refractivity contribution < 1.29 is 10.0 Å². The van der Waals surface area contributed by atoms with Gasteiger partial charge in [0.2, 0.25) is 0 Å². The van der Waals surface area contributed by atoms with Gasteiger partial charge < -0.3 is 17.4 Å². The molecule has 1 rings (SSSR count). The lowest BCUT2D eigenvalue weighted by Crippen LogP contribution is -1.86. The minimum atomic E-state index is -0.630. The first-order valence-electron chi connectivity index (χ1n) is 2.64. The second kappa shape index (κ2) is 5.05. The molecule has 0 atom stereocenters. The summed E-state index contributed by atoms with van der Waals surface area (Å²) in [6.07, 6.45) is 0. The maximum atomic E-state index is 10.1. The van der Waals surface area contributed by atoms with Crippen LogP contribution in [0.2, 0.25) is 0 Å². The van der Waals surface area contributed by atoms with Crippen LogP contribution in [-0.2, 0) is 0 Å². The molecule has 0 heterocycles. The molecule has 0 fully saturated rings. The van der Waals surface area contributed by atoms with Crippen LogP contribution >= 0.6 is 0 Å². The number of nitrogens with zero attached hydrogens (tertiary/aromatic N) is 1. The van der Waals surface area contributed by atoms with Crippen molar-refractivity contribution in [1.82, 2.24) is 12.3 Å². The molecule has 0 aromatic heterocycles. The van der Waals surface area contributed by atoms with Gasteiger partial charge in [-0.15, -0.1) is 0 Å². The van der Waals surface area contributed by atoms with E-state index in [0.717, 1.165) is 0 Å². The molecule has 1 aromatic rings. The largest absolute Gasteiger partial charge is 0.502 e. The van der Waals surface area contributed by atoms with Crippen LogP contribution in [0.4, 0.5) is 5.69 Å². The number of rotatable bonds is 1. The SMILES string of the molecule is N.N.O=[N+]([O-])c1ccccc1O. The van der Waals surface area contributed by atoms with E-state index in [2.05, 4.69) is 0 Å². The normalized spacial score (nSPS) is 7.67. The zero-order chi connectivity index (χ0) is 7.56. The van der Waals surface area contributed by atoms with E-state index >= 15 is 0 Å². The van der Waals surface area contributed by atoms with E-state index in [1.54, 1.807) is 0 Å². The Kier molecular flexibility index (Phi) is 5.46. The topological polar surface area (TPSA) is 133 Å². The molecule has 0 saturated carbocycles. The molecule has 0 saturated heterocycles. The molecule has 6 nitrogen and oxygen atoms in total. The summed E-state index contributed by atoms with van der Waals surface area (Å²) in [6, 6.07) is 5.55. The second-order valence-electron chi connectivity index (χ2n) is 1.75. The lowest BCUT2D eigenvalue weighted by Gasteiger charge is -1.91. The number of hydrogen-bond donors (Lipinski definition) is 3. The van der Waals surface area contributed by atoms with Gasteiger partial charge in [-0.1, -0.05) is 12.1 Å². The number of nitro benzene ring substituents is 1. The van der Waals surface area contributed by atoms with Crippen molar-refractivity contribution in [3.05, 3.63) is 34.4 Å². The van der Waals surface area contributed by atoms with E-state index in [0.29, 0.717) is 0 Å². The average Bonchev–Trinajstić information content (AvgIpc) is 1.88. The first kappa shape index (κ1) is 13.0. The van der Waals surface area contributed by atoms with Crippen LogP contribution in [0.3, 0.4) is 0 Å². The Morgan fingerprint density at radius 2 is 1.75 bits per heavy atom. The van der Waals surface area contributed by atoms with Crippen molar-refractivity contribution in [3.8, 4) is 5.75 Å².